The molecule has 17 heavy (non-hydrogen) atoms. The Balaban J connectivity index is 2.36. The molecule has 0 saturated heterocycles. The second kappa shape index (κ2) is 4.75. The van der Waals surface area contributed by atoms with Crippen molar-refractivity contribution < 1.29 is 4.79 Å². The van der Waals surface area contributed by atoms with E-state index in [0.29, 0.717) is 0 Å². The molecule has 0 bridgehead atoms. The van der Waals surface area contributed by atoms with Crippen molar-refractivity contribution in [3.05, 3.63) is 41.6 Å². The Bertz CT molecular complexity index is 560. The first-order valence-corrected chi connectivity index (χ1v) is 6.18. The van der Waals surface area contributed by atoms with Gasteiger partial charge in [0.15, 0.2) is 5.78 Å². The Morgan fingerprint density at radius 2 is 2.06 bits per heavy atom. The van der Waals surface area contributed by atoms with E-state index >= 15 is 0 Å². The van der Waals surface area contributed by atoms with Crippen molar-refractivity contribution in [2.45, 2.75) is 23.8 Å². The second-order valence-corrected chi connectivity index (χ2v) is 4.96. The summed E-state index contributed by atoms with van der Waals surface area (Å²) in [4.78, 5) is 12.5. The van der Waals surface area contributed by atoms with Gasteiger partial charge in [0.25, 0.3) is 0 Å². The zero-order valence-electron chi connectivity index (χ0n) is 10.1. The Hall–Kier alpha value is -1.55. The van der Waals surface area contributed by atoms with Gasteiger partial charge in [0.1, 0.15) is 0 Å². The normalized spacial score (nSPS) is 10.5. The largest absolute Gasteiger partial charge is 0.294 e. The molecule has 0 atom stereocenters. The number of aromatic nitrogens is 2. The summed E-state index contributed by atoms with van der Waals surface area (Å²) in [6, 6.07) is 9.66. The fraction of sp³-hybridized carbons (Fsp3) is 0.231. The molecule has 2 aromatic rings. The van der Waals surface area contributed by atoms with E-state index in [2.05, 4.69) is 5.10 Å². The zero-order valence-corrected chi connectivity index (χ0v) is 10.9. The zero-order chi connectivity index (χ0) is 12.4. The third-order valence-electron chi connectivity index (χ3n) is 2.44. The number of Topliss-reactive ketones (excluding diaryl/α,β-unsaturated/α-hetero) is 1. The summed E-state index contributed by atoms with van der Waals surface area (Å²) >= 11 is 1.57. The molecule has 0 aliphatic rings. The standard InChI is InChI=1S/C13H14N2OS/c1-9-8-13(15(3)14-9)17-12-7-5-4-6-11(12)10(2)16/h4-8H,1-3H3. The van der Waals surface area contributed by atoms with Crippen molar-refractivity contribution in [1.29, 1.82) is 0 Å². The van der Waals surface area contributed by atoms with Crippen molar-refractivity contribution in [2.75, 3.05) is 0 Å². The van der Waals surface area contributed by atoms with Crippen LogP contribution in [0.25, 0.3) is 0 Å². The van der Waals surface area contributed by atoms with Gasteiger partial charge in [-0.25, -0.2) is 0 Å². The van der Waals surface area contributed by atoms with Gasteiger partial charge in [0, 0.05) is 17.5 Å². The predicted octanol–water partition coefficient (Wildman–Crippen LogP) is 3.08. The number of benzene rings is 1. The van der Waals surface area contributed by atoms with Crippen LogP contribution in [0.1, 0.15) is 23.0 Å². The fourth-order valence-corrected chi connectivity index (χ4v) is 2.74. The van der Waals surface area contributed by atoms with Gasteiger partial charge in [0.2, 0.25) is 0 Å². The smallest absolute Gasteiger partial charge is 0.160 e. The quantitative estimate of drug-likeness (QED) is 0.781. The van der Waals surface area contributed by atoms with E-state index in [1.54, 1.807) is 18.7 Å². The molecule has 1 aromatic heterocycles. The van der Waals surface area contributed by atoms with Crippen molar-refractivity contribution in [3.63, 3.8) is 0 Å². The topological polar surface area (TPSA) is 34.9 Å². The molecule has 1 aromatic carbocycles. The van der Waals surface area contributed by atoms with E-state index in [1.165, 1.54) is 0 Å². The van der Waals surface area contributed by atoms with Gasteiger partial charge in [-0.3, -0.25) is 9.48 Å². The number of carbonyl (C=O) groups excluding carboxylic acids is 1. The number of hydrogen-bond acceptors (Lipinski definition) is 3. The monoisotopic (exact) mass is 246 g/mol. The van der Waals surface area contributed by atoms with Crippen molar-refractivity contribution in [1.82, 2.24) is 9.78 Å². The van der Waals surface area contributed by atoms with Crippen LogP contribution in [0.4, 0.5) is 0 Å². The van der Waals surface area contributed by atoms with Crippen molar-refractivity contribution in [3.8, 4) is 0 Å². The lowest BCUT2D eigenvalue weighted by Gasteiger charge is -2.05. The summed E-state index contributed by atoms with van der Waals surface area (Å²) in [5.74, 6) is 0.0898. The lowest BCUT2D eigenvalue weighted by molar-refractivity contribution is 0.101. The highest BCUT2D eigenvalue weighted by molar-refractivity contribution is 7.99. The Morgan fingerprint density at radius 3 is 2.65 bits per heavy atom. The Kier molecular flexibility index (Phi) is 3.33. The molecule has 1 heterocycles. The minimum absolute atomic E-state index is 0.0898. The molecule has 0 amide bonds. The first-order valence-electron chi connectivity index (χ1n) is 5.36. The number of nitrogens with zero attached hydrogens (tertiary/aromatic N) is 2. The maximum absolute atomic E-state index is 11.5. The summed E-state index contributed by atoms with van der Waals surface area (Å²) in [5.41, 5.74) is 1.74. The molecular weight excluding hydrogens is 232 g/mol. The van der Waals surface area contributed by atoms with Crippen LogP contribution in [0.15, 0.2) is 40.3 Å². The van der Waals surface area contributed by atoms with Gasteiger partial charge in [-0.05, 0) is 26.0 Å². The minimum atomic E-state index is 0.0898. The summed E-state index contributed by atoms with van der Waals surface area (Å²) in [6.45, 7) is 3.55. The molecule has 4 heteroatoms. The summed E-state index contributed by atoms with van der Waals surface area (Å²) in [5, 5.41) is 5.33. The molecule has 0 fully saturated rings. The highest BCUT2D eigenvalue weighted by atomic mass is 32.2. The van der Waals surface area contributed by atoms with Crippen LogP contribution in [0.5, 0.6) is 0 Å². The summed E-state index contributed by atoms with van der Waals surface area (Å²) < 4.78 is 1.83. The van der Waals surface area contributed by atoms with Gasteiger partial charge < -0.3 is 0 Å². The average molecular weight is 246 g/mol. The second-order valence-electron chi connectivity index (χ2n) is 3.90. The van der Waals surface area contributed by atoms with Crippen LogP contribution in [-0.2, 0) is 7.05 Å². The number of hydrogen-bond donors (Lipinski definition) is 0. The predicted molar refractivity (Wildman–Crippen MR) is 68.5 cm³/mol. The van der Waals surface area contributed by atoms with Crippen LogP contribution in [0, 0.1) is 6.92 Å². The Morgan fingerprint density at radius 1 is 1.35 bits per heavy atom. The maximum Gasteiger partial charge on any atom is 0.160 e. The van der Waals surface area contributed by atoms with Gasteiger partial charge in [-0.2, -0.15) is 5.10 Å². The molecule has 0 aliphatic heterocycles. The lowest BCUT2D eigenvalue weighted by atomic mass is 10.1. The molecule has 88 valence electrons. The molecule has 0 N–H and O–H groups in total. The molecular formula is C13H14N2OS. The highest BCUT2D eigenvalue weighted by Gasteiger charge is 2.10. The van der Waals surface area contributed by atoms with E-state index in [4.69, 9.17) is 0 Å². The summed E-state index contributed by atoms with van der Waals surface area (Å²) in [7, 11) is 1.91. The van der Waals surface area contributed by atoms with E-state index in [0.717, 1.165) is 21.2 Å². The van der Waals surface area contributed by atoms with E-state index < -0.39 is 0 Å². The molecule has 0 unspecified atom stereocenters. The van der Waals surface area contributed by atoms with Crippen LogP contribution in [0.2, 0.25) is 0 Å². The third-order valence-corrected chi connectivity index (χ3v) is 3.61. The number of carbonyl (C=O) groups is 1. The van der Waals surface area contributed by atoms with E-state index in [-0.39, 0.29) is 5.78 Å². The molecule has 3 nitrogen and oxygen atoms in total. The molecule has 0 spiro atoms. The number of ketones is 1. The highest BCUT2D eigenvalue weighted by Crippen LogP contribution is 2.30. The van der Waals surface area contributed by atoms with Crippen LogP contribution in [0.3, 0.4) is 0 Å². The molecule has 2 rings (SSSR count). The van der Waals surface area contributed by atoms with E-state index in [9.17, 15) is 4.79 Å². The number of aryl methyl sites for hydroxylation is 2. The van der Waals surface area contributed by atoms with Gasteiger partial charge in [-0.1, -0.05) is 30.0 Å². The summed E-state index contributed by atoms with van der Waals surface area (Å²) in [6.07, 6.45) is 0. The fourth-order valence-electron chi connectivity index (χ4n) is 1.64. The third kappa shape index (κ3) is 2.58. The van der Waals surface area contributed by atoms with E-state index in [1.807, 2.05) is 49.0 Å². The van der Waals surface area contributed by atoms with Gasteiger partial charge in [0.05, 0.1) is 10.7 Å². The van der Waals surface area contributed by atoms with Crippen LogP contribution in [-0.4, -0.2) is 15.6 Å². The maximum atomic E-state index is 11.5. The number of rotatable bonds is 3. The van der Waals surface area contributed by atoms with Crippen LogP contribution < -0.4 is 0 Å². The first kappa shape index (κ1) is 11.9. The van der Waals surface area contributed by atoms with Crippen molar-refractivity contribution >= 4 is 17.5 Å². The SMILES string of the molecule is CC(=O)c1ccccc1Sc1cc(C)nn1C. The minimum Gasteiger partial charge on any atom is -0.294 e. The average Bonchev–Trinajstić information content (AvgIpc) is 2.58. The molecule has 0 radical (unpaired) electrons. The van der Waals surface area contributed by atoms with Gasteiger partial charge in [-0.15, -0.1) is 0 Å². The molecule has 0 aliphatic carbocycles. The van der Waals surface area contributed by atoms with Crippen LogP contribution >= 0.6 is 11.8 Å². The molecule has 0 saturated carbocycles. The lowest BCUT2D eigenvalue weighted by Crippen LogP contribution is -1.96. The van der Waals surface area contributed by atoms with Gasteiger partial charge >= 0.3 is 0 Å². The Labute approximate surface area is 105 Å². The van der Waals surface area contributed by atoms with Crippen molar-refractivity contribution in [2.24, 2.45) is 7.05 Å². The first-order chi connectivity index (χ1) is 8.08.